The lowest BCUT2D eigenvalue weighted by Gasteiger charge is -2.31. The number of methoxy groups -OCH3 is 1. The number of rotatable bonds is 5. The van der Waals surface area contributed by atoms with E-state index in [0.717, 1.165) is 12.8 Å². The van der Waals surface area contributed by atoms with Crippen molar-refractivity contribution >= 4 is 11.9 Å². The third kappa shape index (κ3) is 2.08. The maximum absolute atomic E-state index is 11.5. The highest BCUT2D eigenvalue weighted by molar-refractivity contribution is 5.76. The average molecular weight is 238 g/mol. The van der Waals surface area contributed by atoms with Crippen molar-refractivity contribution < 1.29 is 19.4 Å². The van der Waals surface area contributed by atoms with Crippen LogP contribution in [0, 0.1) is 17.3 Å². The molecule has 1 saturated carbocycles. The summed E-state index contributed by atoms with van der Waals surface area (Å²) in [6.07, 6.45) is 7.34. The Hall–Kier alpha value is -1.32. The van der Waals surface area contributed by atoms with Crippen LogP contribution in [-0.4, -0.2) is 24.2 Å². The van der Waals surface area contributed by atoms with Crippen molar-refractivity contribution in [1.29, 1.82) is 0 Å². The Morgan fingerprint density at radius 1 is 1.47 bits per heavy atom. The highest BCUT2D eigenvalue weighted by atomic mass is 16.5. The van der Waals surface area contributed by atoms with Crippen LogP contribution in [0.2, 0.25) is 0 Å². The van der Waals surface area contributed by atoms with E-state index in [2.05, 4.69) is 10.8 Å². The average Bonchev–Trinajstić information content (AvgIpc) is 2.89. The number of fused-ring (bicyclic) bond motifs is 2. The summed E-state index contributed by atoms with van der Waals surface area (Å²) in [6, 6.07) is 0. The van der Waals surface area contributed by atoms with Crippen molar-refractivity contribution in [2.24, 2.45) is 17.3 Å². The van der Waals surface area contributed by atoms with Crippen LogP contribution in [0.15, 0.2) is 12.2 Å². The Kier molecular flexibility index (Phi) is 3.22. The van der Waals surface area contributed by atoms with E-state index in [-0.39, 0.29) is 11.9 Å². The van der Waals surface area contributed by atoms with E-state index in [0.29, 0.717) is 25.2 Å². The summed E-state index contributed by atoms with van der Waals surface area (Å²) in [5.41, 5.74) is -0.632. The fourth-order valence-electron chi connectivity index (χ4n) is 3.25. The third-order valence-electron chi connectivity index (χ3n) is 4.17. The van der Waals surface area contributed by atoms with Crippen LogP contribution in [0.1, 0.15) is 32.1 Å². The SMILES string of the molecule is COC(=O)CCCC1(C(=O)O)CC2C=CC1C2. The van der Waals surface area contributed by atoms with Crippen molar-refractivity contribution in [1.82, 2.24) is 0 Å². The van der Waals surface area contributed by atoms with Gasteiger partial charge < -0.3 is 9.84 Å². The van der Waals surface area contributed by atoms with Gasteiger partial charge in [0.2, 0.25) is 0 Å². The number of esters is 1. The molecule has 0 aromatic heterocycles. The Morgan fingerprint density at radius 3 is 2.71 bits per heavy atom. The monoisotopic (exact) mass is 238 g/mol. The molecule has 0 amide bonds. The summed E-state index contributed by atoms with van der Waals surface area (Å²) in [4.78, 5) is 22.5. The molecule has 1 fully saturated rings. The van der Waals surface area contributed by atoms with Gasteiger partial charge in [-0.2, -0.15) is 0 Å². The topological polar surface area (TPSA) is 63.6 Å². The van der Waals surface area contributed by atoms with Crippen LogP contribution in [0.4, 0.5) is 0 Å². The van der Waals surface area contributed by atoms with E-state index in [1.807, 2.05) is 6.08 Å². The molecule has 0 saturated heterocycles. The lowest BCUT2D eigenvalue weighted by Crippen LogP contribution is -2.35. The summed E-state index contributed by atoms with van der Waals surface area (Å²) in [6.45, 7) is 0. The minimum Gasteiger partial charge on any atom is -0.481 e. The van der Waals surface area contributed by atoms with Crippen LogP contribution < -0.4 is 0 Å². The van der Waals surface area contributed by atoms with E-state index >= 15 is 0 Å². The van der Waals surface area contributed by atoms with E-state index in [4.69, 9.17) is 0 Å². The van der Waals surface area contributed by atoms with Crippen LogP contribution in [-0.2, 0) is 14.3 Å². The summed E-state index contributed by atoms with van der Waals surface area (Å²) < 4.78 is 4.57. The zero-order valence-corrected chi connectivity index (χ0v) is 10.0. The number of hydrogen-bond acceptors (Lipinski definition) is 3. The minimum absolute atomic E-state index is 0.155. The van der Waals surface area contributed by atoms with Gasteiger partial charge in [0, 0.05) is 6.42 Å². The van der Waals surface area contributed by atoms with Gasteiger partial charge in [-0.1, -0.05) is 12.2 Å². The predicted molar refractivity (Wildman–Crippen MR) is 61.3 cm³/mol. The number of carbonyl (C=O) groups excluding carboxylic acids is 1. The lowest BCUT2D eigenvalue weighted by atomic mass is 9.72. The largest absolute Gasteiger partial charge is 0.481 e. The smallest absolute Gasteiger partial charge is 0.310 e. The zero-order chi connectivity index (χ0) is 12.5. The van der Waals surface area contributed by atoms with Crippen molar-refractivity contribution in [3.05, 3.63) is 12.2 Å². The molecular weight excluding hydrogens is 220 g/mol. The quantitative estimate of drug-likeness (QED) is 0.587. The lowest BCUT2D eigenvalue weighted by molar-refractivity contribution is -0.152. The first kappa shape index (κ1) is 12.1. The van der Waals surface area contributed by atoms with Crippen LogP contribution in [0.5, 0.6) is 0 Å². The van der Waals surface area contributed by atoms with Crippen molar-refractivity contribution in [2.75, 3.05) is 7.11 Å². The molecule has 1 N–H and O–H groups in total. The zero-order valence-electron chi connectivity index (χ0n) is 10.0. The second-order valence-electron chi connectivity index (χ2n) is 5.08. The highest BCUT2D eigenvalue weighted by Gasteiger charge is 2.53. The molecule has 2 aliphatic carbocycles. The molecule has 0 aliphatic heterocycles. The van der Waals surface area contributed by atoms with Crippen LogP contribution >= 0.6 is 0 Å². The first-order chi connectivity index (χ1) is 8.08. The first-order valence-electron chi connectivity index (χ1n) is 6.07. The molecular formula is C13H18O4. The molecule has 4 nitrogen and oxygen atoms in total. The molecule has 17 heavy (non-hydrogen) atoms. The number of carbonyl (C=O) groups is 2. The molecule has 0 radical (unpaired) electrons. The highest BCUT2D eigenvalue weighted by Crippen LogP contribution is 2.54. The summed E-state index contributed by atoms with van der Waals surface area (Å²) in [7, 11) is 1.36. The molecule has 3 atom stereocenters. The molecule has 0 spiro atoms. The van der Waals surface area contributed by atoms with Gasteiger partial charge in [-0.25, -0.2) is 0 Å². The second-order valence-corrected chi connectivity index (χ2v) is 5.08. The number of allylic oxidation sites excluding steroid dienone is 2. The molecule has 2 rings (SSSR count). The second kappa shape index (κ2) is 4.51. The molecule has 3 unspecified atom stereocenters. The standard InChI is InChI=1S/C13H18O4/c1-17-11(14)3-2-6-13(12(15)16)8-9-4-5-10(13)7-9/h4-5,9-10H,2-3,6-8H2,1H3,(H,15,16). The van der Waals surface area contributed by atoms with Gasteiger partial charge in [0.15, 0.2) is 0 Å². The Morgan fingerprint density at radius 2 is 2.24 bits per heavy atom. The van der Waals surface area contributed by atoms with Gasteiger partial charge in [0.1, 0.15) is 0 Å². The Labute approximate surface area is 101 Å². The van der Waals surface area contributed by atoms with Crippen molar-refractivity contribution in [3.63, 3.8) is 0 Å². The first-order valence-corrected chi connectivity index (χ1v) is 6.07. The van der Waals surface area contributed by atoms with E-state index in [1.54, 1.807) is 0 Å². The van der Waals surface area contributed by atoms with Gasteiger partial charge in [-0.3, -0.25) is 9.59 Å². The molecule has 2 aliphatic rings. The number of ether oxygens (including phenoxy) is 1. The maximum atomic E-state index is 11.5. The van der Waals surface area contributed by atoms with Crippen molar-refractivity contribution in [3.8, 4) is 0 Å². The predicted octanol–water partition coefficient (Wildman–Crippen LogP) is 2.00. The van der Waals surface area contributed by atoms with Gasteiger partial charge >= 0.3 is 11.9 Å². The summed E-state index contributed by atoms with van der Waals surface area (Å²) in [5, 5.41) is 9.46. The van der Waals surface area contributed by atoms with Gasteiger partial charge in [-0.05, 0) is 37.5 Å². The maximum Gasteiger partial charge on any atom is 0.310 e. The third-order valence-corrected chi connectivity index (χ3v) is 4.17. The van der Waals surface area contributed by atoms with Crippen LogP contribution in [0.3, 0.4) is 0 Å². The fraction of sp³-hybridized carbons (Fsp3) is 0.692. The van der Waals surface area contributed by atoms with Gasteiger partial charge in [0.25, 0.3) is 0 Å². The summed E-state index contributed by atoms with van der Waals surface area (Å²) >= 11 is 0. The molecule has 2 bridgehead atoms. The van der Waals surface area contributed by atoms with Crippen LogP contribution in [0.25, 0.3) is 0 Å². The van der Waals surface area contributed by atoms with Crippen molar-refractivity contribution in [2.45, 2.75) is 32.1 Å². The normalized spacial score (nSPS) is 33.9. The van der Waals surface area contributed by atoms with E-state index in [1.165, 1.54) is 7.11 Å². The van der Waals surface area contributed by atoms with E-state index in [9.17, 15) is 14.7 Å². The molecule has 0 heterocycles. The molecule has 94 valence electrons. The Balaban J connectivity index is 1.97. The number of carboxylic acids is 1. The Bertz CT molecular complexity index is 360. The molecule has 0 aromatic carbocycles. The van der Waals surface area contributed by atoms with Gasteiger partial charge in [-0.15, -0.1) is 0 Å². The number of carboxylic acid groups (broad SMARTS) is 1. The fourth-order valence-corrected chi connectivity index (χ4v) is 3.25. The minimum atomic E-state index is -0.709. The van der Waals surface area contributed by atoms with Gasteiger partial charge in [0.05, 0.1) is 12.5 Å². The molecule has 0 aromatic rings. The van der Waals surface area contributed by atoms with E-state index < -0.39 is 11.4 Å². The molecule has 4 heteroatoms. The number of hydrogen-bond donors (Lipinski definition) is 1. The number of aliphatic carboxylic acids is 1. The summed E-state index contributed by atoms with van der Waals surface area (Å²) in [5.74, 6) is -0.389.